The molecule has 2 aromatic rings. The molecule has 132 valence electrons. The third kappa shape index (κ3) is 4.01. The first-order valence-corrected chi connectivity index (χ1v) is 8.52. The van der Waals surface area contributed by atoms with Gasteiger partial charge in [0.1, 0.15) is 0 Å². The van der Waals surface area contributed by atoms with E-state index in [1.165, 1.54) is 0 Å². The first-order valence-electron chi connectivity index (χ1n) is 8.52. The van der Waals surface area contributed by atoms with Crippen LogP contribution < -0.4 is 10.6 Å². The molecule has 2 amide bonds. The van der Waals surface area contributed by atoms with Gasteiger partial charge in [-0.2, -0.15) is 5.26 Å². The van der Waals surface area contributed by atoms with Gasteiger partial charge in [-0.3, -0.25) is 9.59 Å². The van der Waals surface area contributed by atoms with Crippen molar-refractivity contribution in [2.75, 3.05) is 18.4 Å². The van der Waals surface area contributed by atoms with E-state index in [1.54, 1.807) is 29.2 Å². The van der Waals surface area contributed by atoms with Gasteiger partial charge < -0.3 is 15.5 Å². The Kier molecular flexibility index (Phi) is 5.18. The van der Waals surface area contributed by atoms with Crippen LogP contribution in [0.3, 0.4) is 0 Å². The molecule has 0 aliphatic carbocycles. The van der Waals surface area contributed by atoms with Gasteiger partial charge in [-0.15, -0.1) is 0 Å². The van der Waals surface area contributed by atoms with Crippen molar-refractivity contribution in [3.05, 3.63) is 59.7 Å². The van der Waals surface area contributed by atoms with Gasteiger partial charge in [0.25, 0.3) is 5.91 Å². The Labute approximate surface area is 152 Å². The molecule has 1 aliphatic heterocycles. The highest BCUT2D eigenvalue weighted by Crippen LogP contribution is 2.20. The molecule has 0 aromatic heterocycles. The van der Waals surface area contributed by atoms with E-state index in [0.717, 1.165) is 11.4 Å². The summed E-state index contributed by atoms with van der Waals surface area (Å²) < 4.78 is 0. The molecule has 6 heteroatoms. The van der Waals surface area contributed by atoms with Gasteiger partial charge in [0.15, 0.2) is 0 Å². The molecular weight excluding hydrogens is 328 g/mol. The second kappa shape index (κ2) is 7.70. The smallest absolute Gasteiger partial charge is 0.254 e. The van der Waals surface area contributed by atoms with Crippen LogP contribution in [0.25, 0.3) is 0 Å². The predicted molar refractivity (Wildman–Crippen MR) is 99.0 cm³/mol. The van der Waals surface area contributed by atoms with Crippen LogP contribution in [0.1, 0.15) is 29.3 Å². The first kappa shape index (κ1) is 17.5. The Morgan fingerprint density at radius 3 is 2.73 bits per heavy atom. The van der Waals surface area contributed by atoms with E-state index in [9.17, 15) is 9.59 Å². The normalized spacial score (nSPS) is 17.0. The van der Waals surface area contributed by atoms with E-state index < -0.39 is 0 Å². The second-order valence-corrected chi connectivity index (χ2v) is 6.30. The SMILES string of the molecule is CC1CC(=O)NCCN1C(=O)c1cccc(Nc2ccc(C#N)cc2)c1. The minimum absolute atomic E-state index is 0.0240. The largest absolute Gasteiger partial charge is 0.356 e. The molecule has 1 aliphatic rings. The minimum atomic E-state index is -0.139. The van der Waals surface area contributed by atoms with Gasteiger partial charge in [0.05, 0.1) is 11.6 Å². The van der Waals surface area contributed by atoms with Crippen molar-refractivity contribution in [3.63, 3.8) is 0 Å². The monoisotopic (exact) mass is 348 g/mol. The summed E-state index contributed by atoms with van der Waals surface area (Å²) in [5.41, 5.74) is 2.80. The fourth-order valence-corrected chi connectivity index (χ4v) is 2.98. The van der Waals surface area contributed by atoms with Crippen LogP contribution in [0, 0.1) is 11.3 Å². The van der Waals surface area contributed by atoms with E-state index in [-0.39, 0.29) is 17.9 Å². The van der Waals surface area contributed by atoms with Gasteiger partial charge in [0.2, 0.25) is 5.91 Å². The molecule has 0 spiro atoms. The number of carbonyl (C=O) groups excluding carboxylic acids is 2. The van der Waals surface area contributed by atoms with Crippen molar-refractivity contribution in [2.24, 2.45) is 0 Å². The molecule has 1 saturated heterocycles. The Morgan fingerprint density at radius 2 is 2.00 bits per heavy atom. The molecule has 26 heavy (non-hydrogen) atoms. The van der Waals surface area contributed by atoms with Gasteiger partial charge >= 0.3 is 0 Å². The summed E-state index contributed by atoms with van der Waals surface area (Å²) in [5.74, 6) is -0.110. The number of nitriles is 1. The topological polar surface area (TPSA) is 85.2 Å². The Hall–Kier alpha value is -3.33. The molecule has 1 unspecified atom stereocenters. The maximum atomic E-state index is 12.9. The maximum absolute atomic E-state index is 12.9. The summed E-state index contributed by atoms with van der Waals surface area (Å²) in [6, 6.07) is 16.3. The van der Waals surface area contributed by atoms with E-state index in [2.05, 4.69) is 16.7 Å². The molecule has 6 nitrogen and oxygen atoms in total. The molecule has 2 aromatic carbocycles. The highest BCUT2D eigenvalue weighted by molar-refractivity contribution is 5.96. The van der Waals surface area contributed by atoms with Crippen molar-refractivity contribution in [1.29, 1.82) is 5.26 Å². The molecule has 0 saturated carbocycles. The summed E-state index contributed by atoms with van der Waals surface area (Å²) in [7, 11) is 0. The predicted octanol–water partition coefficient (Wildman–Crippen LogP) is 2.65. The van der Waals surface area contributed by atoms with Gasteiger partial charge in [-0.25, -0.2) is 0 Å². The van der Waals surface area contributed by atoms with Gasteiger partial charge in [-0.05, 0) is 49.4 Å². The number of carbonyl (C=O) groups is 2. The lowest BCUT2D eigenvalue weighted by Crippen LogP contribution is -2.39. The third-order valence-electron chi connectivity index (χ3n) is 4.36. The van der Waals surface area contributed by atoms with Crippen LogP contribution in [0.15, 0.2) is 48.5 Å². The molecule has 0 bridgehead atoms. The number of amides is 2. The lowest BCUT2D eigenvalue weighted by atomic mass is 10.1. The summed E-state index contributed by atoms with van der Waals surface area (Å²) in [4.78, 5) is 26.2. The molecule has 1 atom stereocenters. The molecule has 1 heterocycles. The third-order valence-corrected chi connectivity index (χ3v) is 4.36. The number of hydrogen-bond donors (Lipinski definition) is 2. The number of rotatable bonds is 3. The summed E-state index contributed by atoms with van der Waals surface area (Å²) in [6.07, 6.45) is 0.314. The minimum Gasteiger partial charge on any atom is -0.356 e. The highest BCUT2D eigenvalue weighted by atomic mass is 16.2. The van der Waals surface area contributed by atoms with Crippen LogP contribution in [-0.4, -0.2) is 35.8 Å². The number of nitrogens with one attached hydrogen (secondary N) is 2. The van der Waals surface area contributed by atoms with Gasteiger partial charge in [0, 0.05) is 42.5 Å². The zero-order valence-electron chi connectivity index (χ0n) is 14.5. The standard InChI is InChI=1S/C20H20N4O2/c1-14-11-19(25)22-9-10-24(14)20(26)16-3-2-4-18(12-16)23-17-7-5-15(13-21)6-8-17/h2-8,12,14,23H,9-11H2,1H3,(H,22,25). The van der Waals surface area contributed by atoms with Crippen LogP contribution in [0.4, 0.5) is 11.4 Å². The van der Waals surface area contributed by atoms with E-state index in [4.69, 9.17) is 5.26 Å². The highest BCUT2D eigenvalue weighted by Gasteiger charge is 2.26. The van der Waals surface area contributed by atoms with Crippen LogP contribution >= 0.6 is 0 Å². The average molecular weight is 348 g/mol. The summed E-state index contributed by atoms with van der Waals surface area (Å²) >= 11 is 0. The van der Waals surface area contributed by atoms with Crippen molar-refractivity contribution in [3.8, 4) is 6.07 Å². The average Bonchev–Trinajstić information content (AvgIpc) is 2.82. The number of benzene rings is 2. The Morgan fingerprint density at radius 1 is 1.23 bits per heavy atom. The van der Waals surface area contributed by atoms with Crippen LogP contribution in [0.5, 0.6) is 0 Å². The molecule has 2 N–H and O–H groups in total. The summed E-state index contributed by atoms with van der Waals surface area (Å²) in [5, 5.41) is 14.9. The van der Waals surface area contributed by atoms with Gasteiger partial charge in [-0.1, -0.05) is 6.07 Å². The lowest BCUT2D eigenvalue weighted by molar-refractivity contribution is -0.121. The Bertz CT molecular complexity index is 855. The zero-order chi connectivity index (χ0) is 18.5. The number of anilines is 2. The number of hydrogen-bond acceptors (Lipinski definition) is 4. The number of nitrogens with zero attached hydrogens (tertiary/aromatic N) is 2. The Balaban J connectivity index is 1.76. The van der Waals surface area contributed by atoms with Crippen molar-refractivity contribution in [2.45, 2.75) is 19.4 Å². The lowest BCUT2D eigenvalue weighted by Gasteiger charge is -2.26. The van der Waals surface area contributed by atoms with E-state index >= 15 is 0 Å². The molecular formula is C20H20N4O2. The van der Waals surface area contributed by atoms with E-state index in [1.807, 2.05) is 31.2 Å². The zero-order valence-corrected chi connectivity index (χ0v) is 14.5. The quantitative estimate of drug-likeness (QED) is 0.893. The maximum Gasteiger partial charge on any atom is 0.254 e. The first-order chi connectivity index (χ1) is 12.6. The molecule has 0 radical (unpaired) electrons. The fourth-order valence-electron chi connectivity index (χ4n) is 2.98. The van der Waals surface area contributed by atoms with Crippen LogP contribution in [-0.2, 0) is 4.79 Å². The molecule has 1 fully saturated rings. The van der Waals surface area contributed by atoms with Crippen molar-refractivity contribution < 1.29 is 9.59 Å². The fraction of sp³-hybridized carbons (Fsp3) is 0.250. The molecule has 3 rings (SSSR count). The second-order valence-electron chi connectivity index (χ2n) is 6.30. The van der Waals surface area contributed by atoms with Crippen molar-refractivity contribution in [1.82, 2.24) is 10.2 Å². The van der Waals surface area contributed by atoms with Crippen LogP contribution in [0.2, 0.25) is 0 Å². The van der Waals surface area contributed by atoms with E-state index in [0.29, 0.717) is 30.6 Å². The summed E-state index contributed by atoms with van der Waals surface area (Å²) in [6.45, 7) is 2.86. The van der Waals surface area contributed by atoms with Crippen molar-refractivity contribution >= 4 is 23.2 Å².